The zero-order chi connectivity index (χ0) is 23.3. The molecule has 5 nitrogen and oxygen atoms in total. The first-order chi connectivity index (χ1) is 15.2. The normalized spacial score (nSPS) is 21.5. The second-order valence-electron chi connectivity index (χ2n) is 8.85. The third kappa shape index (κ3) is 5.90. The van der Waals surface area contributed by atoms with Crippen LogP contribution in [0.25, 0.3) is 0 Å². The zero-order valence-electron chi connectivity index (χ0n) is 19.6. The van der Waals surface area contributed by atoms with Gasteiger partial charge in [0.15, 0.2) is 0 Å². The number of aliphatic hydroxyl groups is 1. The largest absolute Gasteiger partial charge is 0.482 e. The van der Waals surface area contributed by atoms with Gasteiger partial charge in [0.2, 0.25) is 5.50 Å². The molecule has 1 aliphatic heterocycles. The highest BCUT2D eigenvalue weighted by atomic mass is 31.2. The van der Waals surface area contributed by atoms with Crippen LogP contribution in [0.3, 0.4) is 0 Å². The fraction of sp³-hybridized carbons (Fsp3) is 0.462. The van der Waals surface area contributed by atoms with Gasteiger partial charge in [-0.25, -0.2) is 0 Å². The minimum Gasteiger partial charge on any atom is -0.482 e. The van der Waals surface area contributed by atoms with Crippen LogP contribution < -0.4 is 0 Å². The Bertz CT molecular complexity index is 922. The molecule has 0 radical (unpaired) electrons. The van der Waals surface area contributed by atoms with Gasteiger partial charge in [-0.1, -0.05) is 60.2 Å². The fourth-order valence-corrected chi connectivity index (χ4v) is 6.13. The summed E-state index contributed by atoms with van der Waals surface area (Å²) in [5.74, 6) is -0.167. The third-order valence-corrected chi connectivity index (χ3v) is 7.60. The zero-order valence-corrected chi connectivity index (χ0v) is 20.5. The van der Waals surface area contributed by atoms with Crippen LogP contribution in [0.4, 0.5) is 0 Å². The van der Waals surface area contributed by atoms with Crippen molar-refractivity contribution < 1.29 is 23.5 Å². The van der Waals surface area contributed by atoms with Crippen molar-refractivity contribution in [3.63, 3.8) is 0 Å². The second kappa shape index (κ2) is 10.8. The maximum atomic E-state index is 13.9. The second-order valence-corrected chi connectivity index (χ2v) is 10.7. The molecule has 1 aliphatic rings. The molecule has 0 bridgehead atoms. The van der Waals surface area contributed by atoms with E-state index in [1.807, 2.05) is 52.0 Å². The Balaban J connectivity index is 2.16. The van der Waals surface area contributed by atoms with Gasteiger partial charge in [-0.05, 0) is 51.8 Å². The molecule has 0 aliphatic carbocycles. The van der Waals surface area contributed by atoms with Gasteiger partial charge in [0.05, 0.1) is 12.2 Å². The first-order valence-corrected chi connectivity index (χ1v) is 12.9. The van der Waals surface area contributed by atoms with Crippen LogP contribution in [-0.4, -0.2) is 30.0 Å². The number of hydrogen-bond acceptors (Lipinski definition) is 5. The first kappa shape index (κ1) is 24.7. The summed E-state index contributed by atoms with van der Waals surface area (Å²) in [5, 5.41) is 9.83. The number of hydrogen-bond donors (Lipinski definition) is 1. The van der Waals surface area contributed by atoms with E-state index in [1.165, 1.54) is 5.56 Å². The van der Waals surface area contributed by atoms with Crippen molar-refractivity contribution in [1.29, 1.82) is 0 Å². The summed E-state index contributed by atoms with van der Waals surface area (Å²) in [6.45, 7) is 9.33. The molecule has 0 amide bonds. The summed E-state index contributed by atoms with van der Waals surface area (Å²) in [5.41, 5.74) is 3.60. The molecule has 2 aromatic carbocycles. The van der Waals surface area contributed by atoms with E-state index < -0.39 is 7.60 Å². The molecule has 0 fully saturated rings. The van der Waals surface area contributed by atoms with E-state index >= 15 is 0 Å². The van der Waals surface area contributed by atoms with Gasteiger partial charge < -0.3 is 18.9 Å². The lowest BCUT2D eigenvalue weighted by molar-refractivity contribution is 0.0458. The van der Waals surface area contributed by atoms with Crippen LogP contribution in [0.5, 0.6) is 0 Å². The average molecular weight is 459 g/mol. The van der Waals surface area contributed by atoms with Gasteiger partial charge in [0, 0.05) is 24.9 Å². The standard InChI is InChI=1S/C26H35O5P/c1-18(2)30-32(28,31-19(3)4)25-17-23(21-13-11-20(5)12-14-21)26(24(29-25)15-16-27)22-9-7-6-8-10-22/h6-14,17-19,23-24,26-27H,15-16H2,1-5H3/t23-,24+,26-/m0/s1. The maximum Gasteiger partial charge on any atom is 0.395 e. The lowest BCUT2D eigenvalue weighted by Crippen LogP contribution is -2.32. The lowest BCUT2D eigenvalue weighted by atomic mass is 9.76. The topological polar surface area (TPSA) is 65.0 Å². The van der Waals surface area contributed by atoms with Crippen LogP contribution in [-0.2, 0) is 18.3 Å². The predicted octanol–water partition coefficient (Wildman–Crippen LogP) is 6.53. The molecule has 3 rings (SSSR count). The number of aryl methyl sites for hydroxylation is 1. The Hall–Kier alpha value is -1.91. The van der Waals surface area contributed by atoms with E-state index in [9.17, 15) is 9.67 Å². The third-order valence-electron chi connectivity index (χ3n) is 5.41. The van der Waals surface area contributed by atoms with E-state index in [1.54, 1.807) is 0 Å². The van der Waals surface area contributed by atoms with Crippen LogP contribution in [0.2, 0.25) is 0 Å². The highest BCUT2D eigenvalue weighted by Crippen LogP contribution is 2.62. The van der Waals surface area contributed by atoms with Crippen molar-refractivity contribution >= 4 is 7.60 Å². The Kier molecular flexibility index (Phi) is 8.35. The lowest BCUT2D eigenvalue weighted by Gasteiger charge is -2.39. The van der Waals surface area contributed by atoms with Crippen molar-refractivity contribution in [3.8, 4) is 0 Å². The van der Waals surface area contributed by atoms with E-state index in [0.29, 0.717) is 6.42 Å². The average Bonchev–Trinajstić information content (AvgIpc) is 2.73. The van der Waals surface area contributed by atoms with Crippen molar-refractivity contribution in [2.45, 2.75) is 71.2 Å². The van der Waals surface area contributed by atoms with Crippen molar-refractivity contribution in [2.75, 3.05) is 6.61 Å². The Labute approximate surface area is 192 Å². The Morgan fingerprint density at radius 3 is 2.06 bits per heavy atom. The number of allylic oxidation sites excluding steroid dienone is 1. The minimum atomic E-state index is -3.70. The molecule has 174 valence electrons. The highest BCUT2D eigenvalue weighted by molar-refractivity contribution is 7.58. The van der Waals surface area contributed by atoms with Gasteiger partial charge in [-0.3, -0.25) is 4.57 Å². The quantitative estimate of drug-likeness (QED) is 0.433. The van der Waals surface area contributed by atoms with Crippen LogP contribution in [0, 0.1) is 6.92 Å². The molecule has 0 aromatic heterocycles. The summed E-state index contributed by atoms with van der Waals surface area (Å²) in [7, 11) is -3.70. The van der Waals surface area contributed by atoms with Gasteiger partial charge in [0.25, 0.3) is 0 Å². The Morgan fingerprint density at radius 1 is 0.938 bits per heavy atom. The summed E-state index contributed by atoms with van der Waals surface area (Å²) in [6.07, 6.45) is 1.33. The minimum absolute atomic E-state index is 0.0394. The van der Waals surface area contributed by atoms with Gasteiger partial charge in [-0.2, -0.15) is 0 Å². The maximum absolute atomic E-state index is 13.9. The summed E-state index contributed by atoms with van der Waals surface area (Å²) >= 11 is 0. The molecule has 32 heavy (non-hydrogen) atoms. The van der Waals surface area contributed by atoms with Crippen LogP contribution in [0.1, 0.15) is 62.6 Å². The van der Waals surface area contributed by atoms with Crippen LogP contribution in [0.15, 0.2) is 66.2 Å². The fourth-order valence-electron chi connectivity index (χ4n) is 4.15. The van der Waals surface area contributed by atoms with Gasteiger partial charge in [0.1, 0.15) is 6.10 Å². The highest BCUT2D eigenvalue weighted by Gasteiger charge is 2.44. The van der Waals surface area contributed by atoms with E-state index in [0.717, 1.165) is 11.1 Å². The molecule has 3 atom stereocenters. The molecule has 0 spiro atoms. The molecule has 6 heteroatoms. The molecule has 1 heterocycles. The molecular formula is C26H35O5P. The van der Waals surface area contributed by atoms with Crippen LogP contribution >= 0.6 is 7.60 Å². The molecule has 0 unspecified atom stereocenters. The molecule has 2 aromatic rings. The van der Waals surface area contributed by atoms with Crippen molar-refractivity contribution in [2.24, 2.45) is 0 Å². The molecular weight excluding hydrogens is 423 g/mol. The number of ether oxygens (including phenoxy) is 1. The Morgan fingerprint density at radius 2 is 1.53 bits per heavy atom. The number of rotatable bonds is 9. The summed E-state index contributed by atoms with van der Waals surface area (Å²) in [4.78, 5) is 0. The number of aliphatic hydroxyl groups excluding tert-OH is 1. The monoisotopic (exact) mass is 458 g/mol. The van der Waals surface area contributed by atoms with Crippen molar-refractivity contribution in [1.82, 2.24) is 0 Å². The molecule has 0 saturated carbocycles. The smallest absolute Gasteiger partial charge is 0.395 e. The molecule has 0 saturated heterocycles. The predicted molar refractivity (Wildman–Crippen MR) is 128 cm³/mol. The van der Waals surface area contributed by atoms with Gasteiger partial charge in [-0.15, -0.1) is 0 Å². The van der Waals surface area contributed by atoms with E-state index in [2.05, 4.69) is 43.3 Å². The molecule has 1 N–H and O–H groups in total. The summed E-state index contributed by atoms with van der Waals surface area (Å²) < 4.78 is 31.9. The van der Waals surface area contributed by atoms with Gasteiger partial charge >= 0.3 is 7.60 Å². The van der Waals surface area contributed by atoms with Crippen molar-refractivity contribution in [3.05, 3.63) is 82.9 Å². The SMILES string of the molecule is Cc1ccc([C@@H]2C=C(P(=O)(OC(C)C)OC(C)C)O[C@H](CCO)[C@H]2c2ccccc2)cc1. The number of benzene rings is 2. The van der Waals surface area contributed by atoms with E-state index in [-0.39, 0.29) is 42.3 Å². The van der Waals surface area contributed by atoms with E-state index in [4.69, 9.17) is 13.8 Å². The summed E-state index contributed by atoms with van der Waals surface area (Å²) in [6, 6.07) is 18.5. The first-order valence-electron chi connectivity index (χ1n) is 11.3.